The summed E-state index contributed by atoms with van der Waals surface area (Å²) in [6, 6.07) is 7.95. The Bertz CT molecular complexity index is 980. The van der Waals surface area contributed by atoms with E-state index in [4.69, 9.17) is 15.2 Å². The van der Waals surface area contributed by atoms with Gasteiger partial charge in [-0.15, -0.1) is 0 Å². The quantitative estimate of drug-likeness (QED) is 0.658. The molecule has 158 valence electrons. The minimum absolute atomic E-state index is 0.137. The van der Waals surface area contributed by atoms with Crippen LogP contribution in [0, 0.1) is 11.6 Å². The third-order valence-corrected chi connectivity index (χ3v) is 4.41. The Morgan fingerprint density at radius 1 is 1.17 bits per heavy atom. The number of ether oxygens (including phenoxy) is 3. The summed E-state index contributed by atoms with van der Waals surface area (Å²) in [5.74, 6) is -3.83. The molecule has 1 fully saturated rings. The van der Waals surface area contributed by atoms with Gasteiger partial charge in [0.05, 0.1) is 7.11 Å². The van der Waals surface area contributed by atoms with Crippen molar-refractivity contribution in [2.45, 2.75) is 25.0 Å². The number of benzene rings is 2. The first-order chi connectivity index (χ1) is 14.3. The second-order valence-electron chi connectivity index (χ2n) is 6.52. The average Bonchev–Trinajstić information content (AvgIpc) is 3.05. The fraction of sp³-hybridized carbons (Fsp3) is 0.250. The summed E-state index contributed by atoms with van der Waals surface area (Å²) < 4.78 is 43.4. The Balaban J connectivity index is 1.68. The molecule has 2 amide bonds. The van der Waals surface area contributed by atoms with Gasteiger partial charge >= 0.3 is 12.1 Å². The zero-order valence-corrected chi connectivity index (χ0v) is 15.8. The Kier molecular flexibility index (Phi) is 6.26. The van der Waals surface area contributed by atoms with Crippen LogP contribution in [0.2, 0.25) is 0 Å². The topological polar surface area (TPSA) is 117 Å². The molecule has 8 nitrogen and oxygen atoms in total. The van der Waals surface area contributed by atoms with E-state index in [2.05, 4.69) is 4.74 Å². The number of hydrogen-bond donors (Lipinski definition) is 2. The Labute approximate surface area is 169 Å². The fourth-order valence-electron chi connectivity index (χ4n) is 2.84. The number of hydrogen-bond acceptors (Lipinski definition) is 7. The number of halogens is 2. The van der Waals surface area contributed by atoms with Crippen LogP contribution < -0.4 is 15.8 Å². The maximum absolute atomic E-state index is 14.4. The van der Waals surface area contributed by atoms with Crippen LogP contribution in [0.4, 0.5) is 13.6 Å². The van der Waals surface area contributed by atoms with Crippen molar-refractivity contribution in [3.8, 4) is 11.5 Å². The van der Waals surface area contributed by atoms with Crippen LogP contribution in [0.15, 0.2) is 36.4 Å². The van der Waals surface area contributed by atoms with E-state index in [-0.39, 0.29) is 29.9 Å². The molecule has 10 heteroatoms. The summed E-state index contributed by atoms with van der Waals surface area (Å²) in [7, 11) is 1.24. The Morgan fingerprint density at radius 2 is 1.87 bits per heavy atom. The van der Waals surface area contributed by atoms with Crippen molar-refractivity contribution in [2.75, 3.05) is 7.11 Å². The van der Waals surface area contributed by atoms with Gasteiger partial charge in [0.15, 0.2) is 17.7 Å². The molecular weight excluding hydrogens is 402 g/mol. The highest BCUT2D eigenvalue weighted by atomic mass is 19.2. The van der Waals surface area contributed by atoms with Crippen LogP contribution in [0.3, 0.4) is 0 Å². The van der Waals surface area contributed by atoms with Gasteiger partial charge in [0.1, 0.15) is 11.8 Å². The number of cyclic esters (lactones) is 1. The van der Waals surface area contributed by atoms with Gasteiger partial charge in [0, 0.05) is 6.42 Å². The average molecular weight is 420 g/mol. The van der Waals surface area contributed by atoms with E-state index < -0.39 is 41.7 Å². The van der Waals surface area contributed by atoms with Crippen LogP contribution in [-0.2, 0) is 31.9 Å². The molecule has 0 saturated carbocycles. The molecule has 0 bridgehead atoms. The number of carbonyl (C=O) groups excluding carboxylic acids is 3. The fourth-order valence-corrected chi connectivity index (χ4v) is 2.84. The van der Waals surface area contributed by atoms with E-state index in [9.17, 15) is 23.2 Å². The van der Waals surface area contributed by atoms with Gasteiger partial charge < -0.3 is 19.9 Å². The van der Waals surface area contributed by atoms with E-state index in [1.165, 1.54) is 31.4 Å². The highest BCUT2D eigenvalue weighted by Gasteiger charge is 2.33. The van der Waals surface area contributed by atoms with Gasteiger partial charge in [0.25, 0.3) is 5.91 Å². The smallest absolute Gasteiger partial charge is 0.414 e. The third-order valence-electron chi connectivity index (χ3n) is 4.41. The van der Waals surface area contributed by atoms with Crippen molar-refractivity contribution in [3.63, 3.8) is 0 Å². The van der Waals surface area contributed by atoms with Crippen molar-refractivity contribution < 1.29 is 37.4 Å². The molecule has 2 aromatic rings. The number of amides is 2. The number of carbonyl (C=O) groups is 3. The molecule has 0 radical (unpaired) electrons. The minimum Gasteiger partial charge on any atom is -0.468 e. The van der Waals surface area contributed by atoms with E-state index in [0.717, 1.165) is 5.56 Å². The second kappa shape index (κ2) is 8.87. The molecule has 30 heavy (non-hydrogen) atoms. The third kappa shape index (κ3) is 4.71. The van der Waals surface area contributed by atoms with Crippen LogP contribution in [0.5, 0.6) is 11.5 Å². The highest BCUT2D eigenvalue weighted by molar-refractivity contribution is 6.00. The summed E-state index contributed by atoms with van der Waals surface area (Å²) in [6.07, 6.45) is -2.22. The van der Waals surface area contributed by atoms with Gasteiger partial charge in [-0.05, 0) is 35.7 Å². The highest BCUT2D eigenvalue weighted by Crippen LogP contribution is 2.29. The van der Waals surface area contributed by atoms with E-state index in [1.807, 2.05) is 5.32 Å². The molecule has 0 aliphatic carbocycles. The standard InChI is InChI=1S/C20H18F2N2O6/c1-28-19(26)13(23)8-10-2-5-12(6-3-10)29-14-7-4-11(16(21)17(14)22)9-15-18(25)24-20(27)30-15/h2-7,13,15H,8-9,23H2,1H3,(H,24,25,27). The van der Waals surface area contributed by atoms with Crippen LogP contribution in [-0.4, -0.2) is 37.2 Å². The number of esters is 1. The number of nitrogens with two attached hydrogens (primary N) is 1. The summed E-state index contributed by atoms with van der Waals surface area (Å²) in [5, 5.41) is 1.92. The molecule has 1 aliphatic heterocycles. The number of nitrogens with one attached hydrogen (secondary N) is 1. The van der Waals surface area contributed by atoms with Gasteiger partial charge in [-0.3, -0.25) is 14.9 Å². The number of alkyl carbamates (subject to hydrolysis) is 1. The summed E-state index contributed by atoms with van der Waals surface area (Å²) in [5.41, 5.74) is 6.29. The van der Waals surface area contributed by atoms with Crippen molar-refractivity contribution in [1.29, 1.82) is 0 Å². The first-order valence-electron chi connectivity index (χ1n) is 8.87. The van der Waals surface area contributed by atoms with Crippen molar-refractivity contribution in [1.82, 2.24) is 5.32 Å². The van der Waals surface area contributed by atoms with Crippen LogP contribution in [0.25, 0.3) is 0 Å². The molecule has 3 rings (SSSR count). The number of imide groups is 1. The lowest BCUT2D eigenvalue weighted by molar-refractivity contribution is -0.142. The zero-order chi connectivity index (χ0) is 21.8. The summed E-state index contributed by atoms with van der Waals surface area (Å²) in [4.78, 5) is 33.9. The van der Waals surface area contributed by atoms with Crippen LogP contribution in [0.1, 0.15) is 11.1 Å². The molecule has 2 aromatic carbocycles. The van der Waals surface area contributed by atoms with E-state index in [1.54, 1.807) is 12.1 Å². The number of methoxy groups -OCH3 is 1. The van der Waals surface area contributed by atoms with Gasteiger partial charge in [0.2, 0.25) is 5.82 Å². The Morgan fingerprint density at radius 3 is 2.47 bits per heavy atom. The molecular formula is C20H18F2N2O6. The second-order valence-corrected chi connectivity index (χ2v) is 6.52. The maximum Gasteiger partial charge on any atom is 0.414 e. The lowest BCUT2D eigenvalue weighted by Crippen LogP contribution is -2.33. The number of rotatable bonds is 7. The lowest BCUT2D eigenvalue weighted by Gasteiger charge is -2.12. The Hall–Kier alpha value is -3.53. The predicted molar refractivity (Wildman–Crippen MR) is 98.7 cm³/mol. The van der Waals surface area contributed by atoms with Crippen molar-refractivity contribution in [3.05, 3.63) is 59.2 Å². The van der Waals surface area contributed by atoms with Gasteiger partial charge in [-0.2, -0.15) is 4.39 Å². The normalized spacial score (nSPS) is 16.6. The van der Waals surface area contributed by atoms with E-state index in [0.29, 0.717) is 0 Å². The predicted octanol–water partition coefficient (Wildman–Crippen LogP) is 1.98. The molecule has 1 aliphatic rings. The molecule has 2 unspecified atom stereocenters. The minimum atomic E-state index is -1.24. The molecule has 3 N–H and O–H groups in total. The van der Waals surface area contributed by atoms with E-state index >= 15 is 0 Å². The van der Waals surface area contributed by atoms with Crippen molar-refractivity contribution >= 4 is 18.0 Å². The summed E-state index contributed by atoms with van der Waals surface area (Å²) >= 11 is 0. The molecule has 2 atom stereocenters. The van der Waals surface area contributed by atoms with Gasteiger partial charge in [-0.1, -0.05) is 18.2 Å². The summed E-state index contributed by atoms with van der Waals surface area (Å²) in [6.45, 7) is 0. The zero-order valence-electron chi connectivity index (χ0n) is 15.8. The molecule has 1 saturated heterocycles. The molecule has 0 spiro atoms. The van der Waals surface area contributed by atoms with Crippen molar-refractivity contribution in [2.24, 2.45) is 5.73 Å². The SMILES string of the molecule is COC(=O)C(N)Cc1ccc(Oc2ccc(CC3OC(=O)NC3=O)c(F)c2F)cc1. The first-order valence-corrected chi connectivity index (χ1v) is 8.87. The molecule has 1 heterocycles. The van der Waals surface area contributed by atoms with Crippen LogP contribution >= 0.6 is 0 Å². The maximum atomic E-state index is 14.4. The molecule has 0 aromatic heterocycles. The van der Waals surface area contributed by atoms with Gasteiger partial charge in [-0.25, -0.2) is 9.18 Å². The largest absolute Gasteiger partial charge is 0.468 e. The lowest BCUT2D eigenvalue weighted by atomic mass is 10.1. The first kappa shape index (κ1) is 21.2. The monoisotopic (exact) mass is 420 g/mol.